The molecule has 2 heterocycles. The molecule has 0 bridgehead atoms. The second kappa shape index (κ2) is 10.7. The van der Waals surface area contributed by atoms with Gasteiger partial charge in [-0.1, -0.05) is 32.0 Å². The molecule has 0 spiro atoms. The first kappa shape index (κ1) is 25.0. The molecule has 2 aliphatic heterocycles. The molecule has 2 aromatic carbocycles. The Balaban J connectivity index is 1.50. The molecule has 0 aliphatic carbocycles. The summed E-state index contributed by atoms with van der Waals surface area (Å²) in [5.41, 5.74) is 1.86. The van der Waals surface area contributed by atoms with Crippen LogP contribution in [0.1, 0.15) is 25.0 Å². The van der Waals surface area contributed by atoms with Crippen LogP contribution in [0.15, 0.2) is 56.5 Å². The number of benzene rings is 2. The van der Waals surface area contributed by atoms with E-state index in [2.05, 4.69) is 26.0 Å². The summed E-state index contributed by atoms with van der Waals surface area (Å²) in [5.74, 6) is 1.52. The summed E-state index contributed by atoms with van der Waals surface area (Å²) in [7, 11) is 1.55. The van der Waals surface area contributed by atoms with Crippen molar-refractivity contribution >= 4 is 55.7 Å². The van der Waals surface area contributed by atoms with Gasteiger partial charge in [0.2, 0.25) is 5.17 Å². The number of nitrogens with zero attached hydrogens (tertiary/aromatic N) is 3. The van der Waals surface area contributed by atoms with Crippen molar-refractivity contribution in [1.29, 1.82) is 5.41 Å². The zero-order valence-corrected chi connectivity index (χ0v) is 22.2. The molecule has 0 atom stereocenters. The molecule has 0 unspecified atom stereocenters. The van der Waals surface area contributed by atoms with Gasteiger partial charge in [0, 0.05) is 5.92 Å². The number of methoxy groups -OCH3 is 1. The zero-order valence-electron chi connectivity index (χ0n) is 19.8. The number of hydrogen-bond donors (Lipinski definition) is 1. The number of hydrazone groups is 1. The quantitative estimate of drug-likeness (QED) is 0.340. The predicted octanol–water partition coefficient (Wildman–Crippen LogP) is 5.50. The number of aliphatic imine (C=N–C) groups is 1. The maximum atomic E-state index is 12.7. The second-order valence-electron chi connectivity index (χ2n) is 8.11. The summed E-state index contributed by atoms with van der Waals surface area (Å²) in [6.45, 7) is 6.69. The van der Waals surface area contributed by atoms with E-state index in [-0.39, 0.29) is 17.3 Å². The SMILES string of the molecule is COc1cc(/C=C2/C(=N)N3N=C(C(C)C)SC3=NC2=O)cc(Br)c1OCCOc1ccccc1C. The molecule has 0 saturated heterocycles. The smallest absolute Gasteiger partial charge is 0.283 e. The zero-order chi connectivity index (χ0) is 25.1. The molecule has 0 fully saturated rings. The number of amidine groups is 2. The normalized spacial score (nSPS) is 16.4. The molecule has 182 valence electrons. The molecular weight excluding hydrogens is 532 g/mol. The van der Waals surface area contributed by atoms with Crippen molar-refractivity contribution in [3.8, 4) is 17.2 Å². The third kappa shape index (κ3) is 5.43. The van der Waals surface area contributed by atoms with Crippen LogP contribution in [0, 0.1) is 18.3 Å². The lowest BCUT2D eigenvalue weighted by molar-refractivity contribution is -0.114. The molecule has 0 saturated carbocycles. The number of rotatable bonds is 8. The number of para-hydroxylation sites is 1. The predicted molar refractivity (Wildman–Crippen MR) is 143 cm³/mol. The number of carbonyl (C=O) groups is 1. The number of amides is 1. The van der Waals surface area contributed by atoms with E-state index in [1.54, 1.807) is 25.3 Å². The summed E-state index contributed by atoms with van der Waals surface area (Å²) < 4.78 is 17.9. The minimum absolute atomic E-state index is 0.00748. The molecule has 0 radical (unpaired) electrons. The molecule has 2 aliphatic rings. The molecule has 35 heavy (non-hydrogen) atoms. The molecule has 8 nitrogen and oxygen atoms in total. The summed E-state index contributed by atoms with van der Waals surface area (Å²) in [4.78, 5) is 16.8. The Morgan fingerprint density at radius 1 is 1.17 bits per heavy atom. The highest BCUT2D eigenvalue weighted by Crippen LogP contribution is 2.38. The Kier molecular flexibility index (Phi) is 7.61. The van der Waals surface area contributed by atoms with Crippen molar-refractivity contribution in [3.63, 3.8) is 0 Å². The van der Waals surface area contributed by atoms with E-state index >= 15 is 0 Å². The molecule has 4 rings (SSSR count). The lowest BCUT2D eigenvalue weighted by atomic mass is 10.1. The van der Waals surface area contributed by atoms with Gasteiger partial charge in [-0.25, -0.2) is 0 Å². The maximum Gasteiger partial charge on any atom is 0.283 e. The summed E-state index contributed by atoms with van der Waals surface area (Å²) in [5, 5.41) is 15.6. The fourth-order valence-electron chi connectivity index (χ4n) is 3.38. The molecule has 10 heteroatoms. The topological polar surface area (TPSA) is 96.6 Å². The Morgan fingerprint density at radius 3 is 2.63 bits per heavy atom. The van der Waals surface area contributed by atoms with E-state index in [1.807, 2.05) is 45.0 Å². The lowest BCUT2D eigenvalue weighted by Crippen LogP contribution is -2.35. The van der Waals surface area contributed by atoms with Gasteiger partial charge in [0.05, 0.1) is 17.2 Å². The van der Waals surface area contributed by atoms with Gasteiger partial charge in [-0.05, 0) is 70.0 Å². The molecule has 2 aromatic rings. The summed E-state index contributed by atoms with van der Waals surface area (Å²) in [6, 6.07) is 11.3. The lowest BCUT2D eigenvalue weighted by Gasteiger charge is -2.20. The monoisotopic (exact) mass is 556 g/mol. The number of hydrogen-bond acceptors (Lipinski definition) is 7. The first-order valence-corrected chi connectivity index (χ1v) is 12.6. The van der Waals surface area contributed by atoms with Crippen LogP contribution in [0.4, 0.5) is 0 Å². The van der Waals surface area contributed by atoms with E-state index in [0.29, 0.717) is 39.9 Å². The van der Waals surface area contributed by atoms with Crippen LogP contribution in [-0.4, -0.2) is 47.3 Å². The fourth-order valence-corrected chi connectivity index (χ4v) is 4.85. The number of ether oxygens (including phenoxy) is 3. The molecule has 0 aromatic heterocycles. The van der Waals surface area contributed by atoms with Crippen molar-refractivity contribution in [2.75, 3.05) is 20.3 Å². The summed E-state index contributed by atoms with van der Waals surface area (Å²) >= 11 is 4.85. The van der Waals surface area contributed by atoms with Crippen molar-refractivity contribution in [1.82, 2.24) is 5.01 Å². The van der Waals surface area contributed by atoms with E-state index in [9.17, 15) is 4.79 Å². The van der Waals surface area contributed by atoms with E-state index in [1.165, 1.54) is 16.8 Å². The number of fused-ring (bicyclic) bond motifs is 1. The van der Waals surface area contributed by atoms with E-state index < -0.39 is 5.91 Å². The van der Waals surface area contributed by atoms with Gasteiger partial charge < -0.3 is 14.2 Å². The van der Waals surface area contributed by atoms with Crippen molar-refractivity contribution in [2.24, 2.45) is 16.0 Å². The third-order valence-electron chi connectivity index (χ3n) is 5.21. The van der Waals surface area contributed by atoms with Crippen LogP contribution in [0.5, 0.6) is 17.2 Å². The highest BCUT2D eigenvalue weighted by molar-refractivity contribution is 9.10. The average molecular weight is 557 g/mol. The standard InChI is InChI=1S/C25H25BrN4O4S/c1-14(2)24-29-30-22(27)17(23(31)28-25(30)35-24)11-16-12-18(26)21(20(13-16)32-4)34-10-9-33-19-8-6-5-7-15(19)3/h5-8,11-14,27H,9-10H2,1-4H3/b17-11-,27-22?. The third-order valence-corrected chi connectivity index (χ3v) is 7.01. The summed E-state index contributed by atoms with van der Waals surface area (Å²) in [6.07, 6.45) is 1.61. The first-order chi connectivity index (χ1) is 16.8. The van der Waals surface area contributed by atoms with Gasteiger partial charge in [0.15, 0.2) is 17.3 Å². The molecular formula is C25H25BrN4O4S. The fraction of sp³-hybridized carbons (Fsp3) is 0.280. The Labute approximate surface area is 216 Å². The highest BCUT2D eigenvalue weighted by atomic mass is 79.9. The molecule has 1 N–H and O–H groups in total. The van der Waals surface area contributed by atoms with Crippen LogP contribution >= 0.6 is 27.7 Å². The second-order valence-corrected chi connectivity index (χ2v) is 9.95. The molecule has 1 amide bonds. The average Bonchev–Trinajstić information content (AvgIpc) is 3.26. The van der Waals surface area contributed by atoms with Crippen LogP contribution in [0.2, 0.25) is 0 Å². The number of carbonyl (C=O) groups excluding carboxylic acids is 1. The van der Waals surface area contributed by atoms with Gasteiger partial charge in [-0.2, -0.15) is 15.1 Å². The number of halogens is 1. The minimum atomic E-state index is -0.474. The van der Waals surface area contributed by atoms with Gasteiger partial charge in [-0.3, -0.25) is 10.2 Å². The van der Waals surface area contributed by atoms with Gasteiger partial charge >= 0.3 is 0 Å². The van der Waals surface area contributed by atoms with Crippen LogP contribution in [0.25, 0.3) is 6.08 Å². The van der Waals surface area contributed by atoms with Crippen molar-refractivity contribution in [2.45, 2.75) is 20.8 Å². The van der Waals surface area contributed by atoms with Crippen LogP contribution < -0.4 is 14.2 Å². The van der Waals surface area contributed by atoms with E-state index in [0.717, 1.165) is 16.4 Å². The number of nitrogens with one attached hydrogen (secondary N) is 1. The number of thioether (sulfide) groups is 1. The maximum absolute atomic E-state index is 12.7. The van der Waals surface area contributed by atoms with E-state index in [4.69, 9.17) is 19.6 Å². The van der Waals surface area contributed by atoms with Gasteiger partial charge in [0.25, 0.3) is 5.91 Å². The van der Waals surface area contributed by atoms with Crippen LogP contribution in [-0.2, 0) is 4.79 Å². The highest BCUT2D eigenvalue weighted by Gasteiger charge is 2.36. The number of aryl methyl sites for hydroxylation is 1. The van der Waals surface area contributed by atoms with Gasteiger partial charge in [-0.15, -0.1) is 0 Å². The Bertz CT molecular complexity index is 1270. The van der Waals surface area contributed by atoms with Crippen LogP contribution in [0.3, 0.4) is 0 Å². The Hall–Kier alpha value is -3.11. The first-order valence-electron chi connectivity index (χ1n) is 11.0. The minimum Gasteiger partial charge on any atom is -0.493 e. The largest absolute Gasteiger partial charge is 0.493 e. The van der Waals surface area contributed by atoms with Crippen molar-refractivity contribution in [3.05, 3.63) is 57.6 Å². The Morgan fingerprint density at radius 2 is 1.91 bits per heavy atom. The van der Waals surface area contributed by atoms with Crippen molar-refractivity contribution < 1.29 is 19.0 Å². The van der Waals surface area contributed by atoms with Gasteiger partial charge in [0.1, 0.15) is 24.0 Å².